The summed E-state index contributed by atoms with van der Waals surface area (Å²) in [4.78, 5) is 0. The van der Waals surface area contributed by atoms with Crippen molar-refractivity contribution in [2.24, 2.45) is 11.7 Å². The van der Waals surface area contributed by atoms with E-state index in [0.717, 1.165) is 19.1 Å². The fourth-order valence-electron chi connectivity index (χ4n) is 2.25. The first-order chi connectivity index (χ1) is 5.31. The molecule has 0 amide bonds. The Balaban J connectivity index is 1.91. The van der Waals surface area contributed by atoms with Crippen molar-refractivity contribution in [3.8, 4) is 0 Å². The van der Waals surface area contributed by atoms with E-state index in [4.69, 9.17) is 10.5 Å². The smallest absolute Gasteiger partial charge is 0.0672 e. The summed E-state index contributed by atoms with van der Waals surface area (Å²) >= 11 is 0. The predicted octanol–water partition coefficient (Wildman–Crippen LogP) is 1.29. The third kappa shape index (κ3) is 1.30. The van der Waals surface area contributed by atoms with Gasteiger partial charge in [0.05, 0.1) is 18.8 Å². The molecule has 1 saturated carbocycles. The molecule has 0 unspecified atom stereocenters. The van der Waals surface area contributed by atoms with Gasteiger partial charge < -0.3 is 10.5 Å². The summed E-state index contributed by atoms with van der Waals surface area (Å²) in [6.45, 7) is 1.61. The third-order valence-electron chi connectivity index (χ3n) is 3.16. The van der Waals surface area contributed by atoms with Gasteiger partial charge in [-0.1, -0.05) is 19.3 Å². The van der Waals surface area contributed by atoms with Crippen LogP contribution in [0.4, 0.5) is 0 Å². The van der Waals surface area contributed by atoms with E-state index in [1.165, 1.54) is 32.1 Å². The Morgan fingerprint density at radius 1 is 1.09 bits per heavy atom. The van der Waals surface area contributed by atoms with Crippen molar-refractivity contribution in [3.05, 3.63) is 0 Å². The Morgan fingerprint density at radius 2 is 1.73 bits per heavy atom. The van der Waals surface area contributed by atoms with Crippen molar-refractivity contribution < 1.29 is 4.74 Å². The van der Waals surface area contributed by atoms with Gasteiger partial charge in [-0.15, -0.1) is 0 Å². The Hall–Kier alpha value is -0.0800. The van der Waals surface area contributed by atoms with Crippen LogP contribution in [-0.2, 0) is 4.74 Å². The molecule has 2 rings (SSSR count). The summed E-state index contributed by atoms with van der Waals surface area (Å²) in [5, 5.41) is 0. The molecule has 0 atom stereocenters. The van der Waals surface area contributed by atoms with E-state index in [-0.39, 0.29) is 5.54 Å². The second kappa shape index (κ2) is 2.76. The van der Waals surface area contributed by atoms with Crippen LogP contribution >= 0.6 is 0 Å². The molecular weight excluding hydrogens is 138 g/mol. The molecular formula is C9H17NO. The van der Waals surface area contributed by atoms with Crippen molar-refractivity contribution >= 4 is 0 Å². The summed E-state index contributed by atoms with van der Waals surface area (Å²) in [6.07, 6.45) is 6.83. The van der Waals surface area contributed by atoms with Crippen molar-refractivity contribution in [1.82, 2.24) is 0 Å². The van der Waals surface area contributed by atoms with Crippen molar-refractivity contribution in [3.63, 3.8) is 0 Å². The highest BCUT2D eigenvalue weighted by Gasteiger charge is 2.41. The lowest BCUT2D eigenvalue weighted by Crippen LogP contribution is -2.62. The van der Waals surface area contributed by atoms with Crippen LogP contribution in [0.5, 0.6) is 0 Å². The lowest BCUT2D eigenvalue weighted by Gasteiger charge is -2.45. The Bertz CT molecular complexity index is 136. The number of nitrogens with two attached hydrogens (primary N) is 1. The zero-order chi connectivity index (χ0) is 7.73. The van der Waals surface area contributed by atoms with Crippen LogP contribution in [0.3, 0.4) is 0 Å². The quantitative estimate of drug-likeness (QED) is 0.619. The molecule has 2 nitrogen and oxygen atoms in total. The largest absolute Gasteiger partial charge is 0.377 e. The van der Waals surface area contributed by atoms with Gasteiger partial charge in [0.25, 0.3) is 0 Å². The van der Waals surface area contributed by atoms with Crippen LogP contribution in [0.2, 0.25) is 0 Å². The molecule has 2 aliphatic rings. The molecule has 11 heavy (non-hydrogen) atoms. The number of rotatable bonds is 1. The molecule has 2 N–H and O–H groups in total. The van der Waals surface area contributed by atoms with Crippen LogP contribution in [0, 0.1) is 5.92 Å². The monoisotopic (exact) mass is 155 g/mol. The first-order valence-corrected chi connectivity index (χ1v) is 4.68. The van der Waals surface area contributed by atoms with Crippen LogP contribution in [-0.4, -0.2) is 18.8 Å². The first-order valence-electron chi connectivity index (χ1n) is 4.68. The van der Waals surface area contributed by atoms with Gasteiger partial charge in [-0.3, -0.25) is 0 Å². The van der Waals surface area contributed by atoms with Crippen LogP contribution in [0.15, 0.2) is 0 Å². The topological polar surface area (TPSA) is 35.2 Å². The van der Waals surface area contributed by atoms with Crippen molar-refractivity contribution in [2.45, 2.75) is 37.6 Å². The highest BCUT2D eigenvalue weighted by Crippen LogP contribution is 2.35. The number of hydrogen-bond donors (Lipinski definition) is 1. The highest BCUT2D eigenvalue weighted by molar-refractivity contribution is 4.97. The summed E-state index contributed by atoms with van der Waals surface area (Å²) < 4.78 is 5.17. The van der Waals surface area contributed by atoms with Gasteiger partial charge in [-0.2, -0.15) is 0 Å². The molecule has 0 aromatic carbocycles. The zero-order valence-corrected chi connectivity index (χ0v) is 7.01. The van der Waals surface area contributed by atoms with Crippen LogP contribution in [0.1, 0.15) is 32.1 Å². The SMILES string of the molecule is NC1(C2CCCCC2)COC1. The summed E-state index contributed by atoms with van der Waals surface area (Å²) in [5.41, 5.74) is 6.22. The minimum atomic E-state index is 0.0699. The fraction of sp³-hybridized carbons (Fsp3) is 1.00. The summed E-state index contributed by atoms with van der Waals surface area (Å²) in [7, 11) is 0. The number of hydrogen-bond acceptors (Lipinski definition) is 2. The van der Waals surface area contributed by atoms with E-state index in [0.29, 0.717) is 0 Å². The lowest BCUT2D eigenvalue weighted by molar-refractivity contribution is -0.0897. The van der Waals surface area contributed by atoms with E-state index in [1.54, 1.807) is 0 Å². The second-order valence-electron chi connectivity index (χ2n) is 4.06. The van der Waals surface area contributed by atoms with Gasteiger partial charge in [0, 0.05) is 0 Å². The molecule has 0 bridgehead atoms. The molecule has 0 radical (unpaired) electrons. The van der Waals surface area contributed by atoms with Gasteiger partial charge in [-0.25, -0.2) is 0 Å². The van der Waals surface area contributed by atoms with Crippen LogP contribution < -0.4 is 5.73 Å². The van der Waals surface area contributed by atoms with Gasteiger partial charge >= 0.3 is 0 Å². The average molecular weight is 155 g/mol. The van der Waals surface area contributed by atoms with E-state index in [9.17, 15) is 0 Å². The van der Waals surface area contributed by atoms with Gasteiger partial charge in [-0.05, 0) is 18.8 Å². The second-order valence-corrected chi connectivity index (χ2v) is 4.06. The molecule has 1 aliphatic carbocycles. The predicted molar refractivity (Wildman–Crippen MR) is 44.3 cm³/mol. The number of ether oxygens (including phenoxy) is 1. The molecule has 2 heteroatoms. The van der Waals surface area contributed by atoms with E-state index >= 15 is 0 Å². The third-order valence-corrected chi connectivity index (χ3v) is 3.16. The minimum absolute atomic E-state index is 0.0699. The first kappa shape index (κ1) is 7.56. The highest BCUT2D eigenvalue weighted by atomic mass is 16.5. The van der Waals surface area contributed by atoms with Crippen LogP contribution in [0.25, 0.3) is 0 Å². The molecule has 0 spiro atoms. The minimum Gasteiger partial charge on any atom is -0.377 e. The standard InChI is InChI=1S/C9H17NO/c10-9(6-11-7-9)8-4-2-1-3-5-8/h8H,1-7,10H2. The van der Waals surface area contributed by atoms with E-state index < -0.39 is 0 Å². The Labute approximate surface area is 68.1 Å². The summed E-state index contributed by atoms with van der Waals surface area (Å²) in [5.74, 6) is 0.755. The molecule has 64 valence electrons. The molecule has 1 heterocycles. The Morgan fingerprint density at radius 3 is 2.18 bits per heavy atom. The fourth-order valence-corrected chi connectivity index (χ4v) is 2.25. The zero-order valence-electron chi connectivity index (χ0n) is 7.01. The molecule has 2 fully saturated rings. The molecule has 1 saturated heterocycles. The van der Waals surface area contributed by atoms with E-state index in [2.05, 4.69) is 0 Å². The van der Waals surface area contributed by atoms with Gasteiger partial charge in [0.1, 0.15) is 0 Å². The molecule has 1 aliphatic heterocycles. The van der Waals surface area contributed by atoms with Crippen molar-refractivity contribution in [1.29, 1.82) is 0 Å². The summed E-state index contributed by atoms with van der Waals surface area (Å²) in [6, 6.07) is 0. The lowest BCUT2D eigenvalue weighted by atomic mass is 9.74. The normalized spacial score (nSPS) is 31.4. The van der Waals surface area contributed by atoms with Gasteiger partial charge in [0.2, 0.25) is 0 Å². The Kier molecular flexibility index (Phi) is 1.90. The average Bonchev–Trinajstić information content (AvgIpc) is 2.02. The van der Waals surface area contributed by atoms with Gasteiger partial charge in [0.15, 0.2) is 0 Å². The maximum Gasteiger partial charge on any atom is 0.0672 e. The maximum atomic E-state index is 6.15. The molecule has 0 aromatic heterocycles. The van der Waals surface area contributed by atoms with E-state index in [1.807, 2.05) is 0 Å². The maximum absolute atomic E-state index is 6.15. The van der Waals surface area contributed by atoms with Crippen molar-refractivity contribution in [2.75, 3.05) is 13.2 Å². The molecule has 0 aromatic rings.